The molecule has 5 nitrogen and oxygen atoms in total. The number of pyridine rings is 1. The maximum absolute atomic E-state index is 12.0. The van der Waals surface area contributed by atoms with Crippen LogP contribution in [0.5, 0.6) is 0 Å². The third kappa shape index (κ3) is 3.93. The number of carbonyl (C=O) groups is 1. The predicted molar refractivity (Wildman–Crippen MR) is 78.6 cm³/mol. The lowest BCUT2D eigenvalue weighted by molar-refractivity contribution is 0.0138. The monoisotopic (exact) mass is 280 g/mol. The molecule has 0 aromatic carbocycles. The van der Waals surface area contributed by atoms with E-state index < -0.39 is 11.5 Å². The fourth-order valence-electron chi connectivity index (χ4n) is 2.15. The van der Waals surface area contributed by atoms with E-state index in [2.05, 4.69) is 5.32 Å². The number of nitrogens with zero attached hydrogens (tertiary/aromatic N) is 1. The first-order chi connectivity index (χ1) is 9.15. The van der Waals surface area contributed by atoms with Gasteiger partial charge in [0, 0.05) is 31.3 Å². The number of aliphatic hydroxyl groups is 1. The molecule has 0 radical (unpaired) electrons. The minimum Gasteiger partial charge on any atom is -0.392 e. The van der Waals surface area contributed by atoms with Gasteiger partial charge in [-0.3, -0.25) is 9.59 Å². The average Bonchev–Trinajstić information content (AvgIpc) is 2.38. The summed E-state index contributed by atoms with van der Waals surface area (Å²) in [6.07, 6.45) is 1.01. The molecule has 0 aliphatic heterocycles. The van der Waals surface area contributed by atoms with Crippen LogP contribution in [0.1, 0.15) is 38.1 Å². The van der Waals surface area contributed by atoms with Crippen molar-refractivity contribution < 1.29 is 9.90 Å². The first-order valence-corrected chi connectivity index (χ1v) is 6.78. The van der Waals surface area contributed by atoms with Crippen LogP contribution < -0.4 is 10.9 Å². The van der Waals surface area contributed by atoms with Crippen molar-refractivity contribution in [3.63, 3.8) is 0 Å². The van der Waals surface area contributed by atoms with E-state index in [-0.39, 0.29) is 17.4 Å². The number of nitrogens with one attached hydrogen (secondary N) is 1. The molecule has 1 aromatic heterocycles. The van der Waals surface area contributed by atoms with Gasteiger partial charge in [-0.25, -0.2) is 0 Å². The lowest BCUT2D eigenvalue weighted by Crippen LogP contribution is -2.43. The standard InChI is InChI=1S/C15H24N2O3/c1-10(2)13(19)15(3,4)9-16-14(20)11-6-7-12(18)17(5)8-11/h6-8,10,13,19H,9H2,1-5H3,(H,16,20). The van der Waals surface area contributed by atoms with Crippen LogP contribution in [0.4, 0.5) is 0 Å². The smallest absolute Gasteiger partial charge is 0.252 e. The summed E-state index contributed by atoms with van der Waals surface area (Å²) in [5.41, 5.74) is -0.135. The van der Waals surface area contributed by atoms with Crippen LogP contribution in [0.2, 0.25) is 0 Å². The Morgan fingerprint density at radius 3 is 2.50 bits per heavy atom. The summed E-state index contributed by atoms with van der Waals surface area (Å²) in [5.74, 6) is -0.121. The van der Waals surface area contributed by atoms with E-state index in [4.69, 9.17) is 0 Å². The highest BCUT2D eigenvalue weighted by Crippen LogP contribution is 2.25. The van der Waals surface area contributed by atoms with Crippen LogP contribution in [0, 0.1) is 11.3 Å². The van der Waals surface area contributed by atoms with E-state index >= 15 is 0 Å². The molecule has 0 aliphatic carbocycles. The Hall–Kier alpha value is -1.62. The highest BCUT2D eigenvalue weighted by atomic mass is 16.3. The summed E-state index contributed by atoms with van der Waals surface area (Å²) in [6, 6.07) is 2.87. The van der Waals surface area contributed by atoms with Gasteiger partial charge in [0.15, 0.2) is 0 Å². The quantitative estimate of drug-likeness (QED) is 0.850. The van der Waals surface area contributed by atoms with Gasteiger partial charge in [-0.15, -0.1) is 0 Å². The van der Waals surface area contributed by atoms with Gasteiger partial charge < -0.3 is 15.0 Å². The van der Waals surface area contributed by atoms with Crippen LogP contribution in [0.25, 0.3) is 0 Å². The molecular formula is C15H24N2O3. The van der Waals surface area contributed by atoms with Crippen molar-refractivity contribution in [3.05, 3.63) is 34.2 Å². The molecule has 0 bridgehead atoms. The summed E-state index contributed by atoms with van der Waals surface area (Å²) in [7, 11) is 1.60. The molecule has 2 N–H and O–H groups in total. The molecule has 0 fully saturated rings. The zero-order valence-corrected chi connectivity index (χ0v) is 12.8. The van der Waals surface area contributed by atoms with Crippen LogP contribution >= 0.6 is 0 Å². The maximum Gasteiger partial charge on any atom is 0.252 e. The van der Waals surface area contributed by atoms with Gasteiger partial charge in [0.25, 0.3) is 5.91 Å². The number of aryl methyl sites for hydroxylation is 1. The van der Waals surface area contributed by atoms with Crippen LogP contribution in [-0.2, 0) is 7.05 Å². The fraction of sp³-hybridized carbons (Fsp3) is 0.600. The van der Waals surface area contributed by atoms with Crippen molar-refractivity contribution in [3.8, 4) is 0 Å². The summed E-state index contributed by atoms with van der Waals surface area (Å²) in [6.45, 7) is 8.09. The minimum atomic E-state index is -0.497. The van der Waals surface area contributed by atoms with Crippen molar-refractivity contribution in [1.29, 1.82) is 0 Å². The van der Waals surface area contributed by atoms with Gasteiger partial charge in [-0.05, 0) is 12.0 Å². The summed E-state index contributed by atoms with van der Waals surface area (Å²) >= 11 is 0. The SMILES string of the molecule is CC(C)C(O)C(C)(C)CNC(=O)c1ccc(=O)n(C)c1. The molecule has 1 heterocycles. The predicted octanol–water partition coefficient (Wildman–Crippen LogP) is 1.16. The van der Waals surface area contributed by atoms with E-state index in [0.29, 0.717) is 12.1 Å². The molecule has 1 rings (SSSR count). The van der Waals surface area contributed by atoms with Crippen LogP contribution in [-0.4, -0.2) is 28.2 Å². The zero-order chi connectivity index (χ0) is 15.5. The number of hydrogen-bond acceptors (Lipinski definition) is 3. The topological polar surface area (TPSA) is 71.3 Å². The van der Waals surface area contributed by atoms with Gasteiger partial charge in [-0.1, -0.05) is 27.7 Å². The van der Waals surface area contributed by atoms with Crippen molar-refractivity contribution in [2.24, 2.45) is 18.4 Å². The highest BCUT2D eigenvalue weighted by molar-refractivity contribution is 5.93. The van der Waals surface area contributed by atoms with Crippen LogP contribution in [0.15, 0.2) is 23.1 Å². The highest BCUT2D eigenvalue weighted by Gasteiger charge is 2.30. The second kappa shape index (κ2) is 6.22. The van der Waals surface area contributed by atoms with Crippen molar-refractivity contribution in [2.75, 3.05) is 6.54 Å². The minimum absolute atomic E-state index is 0.124. The van der Waals surface area contributed by atoms with Crippen molar-refractivity contribution in [1.82, 2.24) is 9.88 Å². The molecule has 20 heavy (non-hydrogen) atoms. The Kier molecular flexibility index (Phi) is 5.11. The largest absolute Gasteiger partial charge is 0.392 e. The molecule has 1 amide bonds. The zero-order valence-electron chi connectivity index (χ0n) is 12.8. The Balaban J connectivity index is 2.72. The molecular weight excluding hydrogens is 256 g/mol. The molecule has 0 saturated heterocycles. The molecule has 0 saturated carbocycles. The van der Waals surface area contributed by atoms with E-state index in [1.54, 1.807) is 7.05 Å². The molecule has 1 aromatic rings. The lowest BCUT2D eigenvalue weighted by atomic mass is 9.80. The number of rotatable bonds is 5. The second-order valence-corrected chi connectivity index (χ2v) is 6.23. The average molecular weight is 280 g/mol. The normalized spacial score (nSPS) is 13.3. The van der Waals surface area contributed by atoms with Crippen LogP contribution in [0.3, 0.4) is 0 Å². The van der Waals surface area contributed by atoms with Crippen molar-refractivity contribution in [2.45, 2.75) is 33.8 Å². The summed E-state index contributed by atoms with van der Waals surface area (Å²) in [5, 5.41) is 12.9. The van der Waals surface area contributed by atoms with E-state index in [0.717, 1.165) is 0 Å². The molecule has 0 spiro atoms. The second-order valence-electron chi connectivity index (χ2n) is 6.23. The van der Waals surface area contributed by atoms with Gasteiger partial charge in [0.1, 0.15) is 0 Å². The Labute approximate surface area is 119 Å². The van der Waals surface area contributed by atoms with E-state index in [1.807, 2.05) is 27.7 Å². The number of amides is 1. The first-order valence-electron chi connectivity index (χ1n) is 6.78. The number of aromatic nitrogens is 1. The van der Waals surface area contributed by atoms with Crippen molar-refractivity contribution >= 4 is 5.91 Å². The van der Waals surface area contributed by atoms with Gasteiger partial charge in [0.05, 0.1) is 11.7 Å². The summed E-state index contributed by atoms with van der Waals surface area (Å²) < 4.78 is 1.36. The van der Waals surface area contributed by atoms with Gasteiger partial charge in [0.2, 0.25) is 5.56 Å². The molecule has 112 valence electrons. The van der Waals surface area contributed by atoms with Gasteiger partial charge in [-0.2, -0.15) is 0 Å². The van der Waals surface area contributed by atoms with E-state index in [1.165, 1.54) is 22.9 Å². The lowest BCUT2D eigenvalue weighted by Gasteiger charge is -2.33. The molecule has 1 unspecified atom stereocenters. The molecule has 5 heteroatoms. The van der Waals surface area contributed by atoms with Gasteiger partial charge >= 0.3 is 0 Å². The Morgan fingerprint density at radius 1 is 1.40 bits per heavy atom. The molecule has 1 atom stereocenters. The third-order valence-corrected chi connectivity index (χ3v) is 3.48. The Morgan fingerprint density at radius 2 is 2.00 bits per heavy atom. The number of hydrogen-bond donors (Lipinski definition) is 2. The fourth-order valence-corrected chi connectivity index (χ4v) is 2.15. The Bertz CT molecular complexity index is 532. The third-order valence-electron chi connectivity index (χ3n) is 3.48. The molecule has 0 aliphatic rings. The number of carbonyl (C=O) groups excluding carboxylic acids is 1. The number of aliphatic hydroxyl groups excluding tert-OH is 1. The summed E-state index contributed by atoms with van der Waals surface area (Å²) in [4.78, 5) is 23.3. The first kappa shape index (κ1) is 16.4. The van der Waals surface area contributed by atoms with E-state index in [9.17, 15) is 14.7 Å². The maximum atomic E-state index is 12.0.